The lowest BCUT2D eigenvalue weighted by Gasteiger charge is -2.19. The Hall–Kier alpha value is -2.35. The first-order valence-corrected chi connectivity index (χ1v) is 6.96. The van der Waals surface area contributed by atoms with Crippen molar-refractivity contribution in [3.8, 4) is 5.88 Å². The van der Waals surface area contributed by atoms with E-state index in [2.05, 4.69) is 9.72 Å². The highest BCUT2D eigenvalue weighted by atomic mass is 35.5. The second kappa shape index (κ2) is 7.48. The predicted molar refractivity (Wildman–Crippen MR) is 78.0 cm³/mol. The standard InChI is InChI=1S/C15H11ClF4N2O2/c1-22(7-8-3-2-4-11(17)12(8)18)14(23)10-5-9(16)6-21-13(10)24-15(19)20/h2-6,15H,7H2,1H3. The molecule has 0 spiro atoms. The number of amides is 1. The van der Waals surface area contributed by atoms with Gasteiger partial charge in [-0.1, -0.05) is 23.7 Å². The maximum atomic E-state index is 13.7. The van der Waals surface area contributed by atoms with Crippen molar-refractivity contribution in [3.63, 3.8) is 0 Å². The Bertz CT molecular complexity index is 758. The molecule has 1 aromatic heterocycles. The molecule has 0 aliphatic heterocycles. The summed E-state index contributed by atoms with van der Waals surface area (Å²) >= 11 is 5.72. The van der Waals surface area contributed by atoms with Crippen LogP contribution in [0.2, 0.25) is 5.02 Å². The van der Waals surface area contributed by atoms with Crippen molar-refractivity contribution < 1.29 is 27.1 Å². The molecule has 0 N–H and O–H groups in total. The number of alkyl halides is 2. The van der Waals surface area contributed by atoms with Crippen LogP contribution in [0.4, 0.5) is 17.6 Å². The molecule has 2 aromatic rings. The molecule has 0 aliphatic rings. The SMILES string of the molecule is CN(Cc1cccc(F)c1F)C(=O)c1cc(Cl)cnc1OC(F)F. The molecule has 1 amide bonds. The molecule has 9 heteroatoms. The van der Waals surface area contributed by atoms with E-state index in [0.717, 1.165) is 23.2 Å². The summed E-state index contributed by atoms with van der Waals surface area (Å²) in [6.45, 7) is -3.47. The minimum atomic E-state index is -3.18. The number of ether oxygens (including phenoxy) is 1. The lowest BCUT2D eigenvalue weighted by atomic mass is 10.1. The second-order valence-electron chi connectivity index (χ2n) is 4.76. The molecule has 0 saturated heterocycles. The van der Waals surface area contributed by atoms with Crippen LogP contribution in [-0.2, 0) is 6.54 Å². The zero-order valence-electron chi connectivity index (χ0n) is 12.3. The van der Waals surface area contributed by atoms with Crippen LogP contribution < -0.4 is 4.74 Å². The first-order chi connectivity index (χ1) is 11.3. The van der Waals surface area contributed by atoms with Gasteiger partial charge in [0.2, 0.25) is 5.88 Å². The molecule has 0 unspecified atom stereocenters. The first-order valence-electron chi connectivity index (χ1n) is 6.58. The normalized spacial score (nSPS) is 10.8. The van der Waals surface area contributed by atoms with Gasteiger partial charge in [0.1, 0.15) is 5.56 Å². The summed E-state index contributed by atoms with van der Waals surface area (Å²) in [5, 5.41) is 0.0327. The van der Waals surface area contributed by atoms with Gasteiger partial charge in [-0.05, 0) is 12.1 Å². The van der Waals surface area contributed by atoms with Gasteiger partial charge in [-0.3, -0.25) is 4.79 Å². The van der Waals surface area contributed by atoms with Gasteiger partial charge >= 0.3 is 6.61 Å². The van der Waals surface area contributed by atoms with E-state index >= 15 is 0 Å². The molecule has 128 valence electrons. The Balaban J connectivity index is 2.27. The fourth-order valence-corrected chi connectivity index (χ4v) is 2.12. The van der Waals surface area contributed by atoms with Crippen molar-refractivity contribution in [3.05, 3.63) is 58.2 Å². The Morgan fingerprint density at radius 1 is 1.38 bits per heavy atom. The summed E-state index contributed by atoms with van der Waals surface area (Å²) in [7, 11) is 1.29. The second-order valence-corrected chi connectivity index (χ2v) is 5.20. The van der Waals surface area contributed by atoms with Crippen LogP contribution in [0.5, 0.6) is 5.88 Å². The third kappa shape index (κ3) is 4.14. The third-order valence-corrected chi connectivity index (χ3v) is 3.24. The summed E-state index contributed by atoms with van der Waals surface area (Å²) in [6.07, 6.45) is 1.04. The Morgan fingerprint density at radius 2 is 2.08 bits per heavy atom. The monoisotopic (exact) mass is 362 g/mol. The molecule has 1 heterocycles. The van der Waals surface area contributed by atoms with Crippen LogP contribution in [0, 0.1) is 11.6 Å². The van der Waals surface area contributed by atoms with E-state index in [1.165, 1.54) is 19.2 Å². The minimum absolute atomic E-state index is 0.0327. The van der Waals surface area contributed by atoms with E-state index in [1.54, 1.807) is 0 Å². The van der Waals surface area contributed by atoms with Crippen LogP contribution in [-0.4, -0.2) is 29.5 Å². The Kier molecular flexibility index (Phi) is 5.61. The summed E-state index contributed by atoms with van der Waals surface area (Å²) in [6, 6.07) is 4.64. The molecule has 0 aliphatic carbocycles. The van der Waals surface area contributed by atoms with Gasteiger partial charge < -0.3 is 9.64 Å². The molecule has 2 rings (SSSR count). The van der Waals surface area contributed by atoms with E-state index in [9.17, 15) is 22.4 Å². The molecule has 0 atom stereocenters. The minimum Gasteiger partial charge on any atom is -0.416 e. The molecular weight excluding hydrogens is 352 g/mol. The number of benzene rings is 1. The van der Waals surface area contributed by atoms with Crippen molar-refractivity contribution in [2.45, 2.75) is 13.2 Å². The number of hydrogen-bond donors (Lipinski definition) is 0. The highest BCUT2D eigenvalue weighted by Gasteiger charge is 2.22. The van der Waals surface area contributed by atoms with Gasteiger partial charge in [0, 0.05) is 25.4 Å². The van der Waals surface area contributed by atoms with Crippen LogP contribution in [0.3, 0.4) is 0 Å². The summed E-state index contributed by atoms with van der Waals surface area (Å²) in [5.74, 6) is -3.54. The lowest BCUT2D eigenvalue weighted by molar-refractivity contribution is -0.0533. The van der Waals surface area contributed by atoms with E-state index in [-0.39, 0.29) is 22.7 Å². The average molecular weight is 363 g/mol. The summed E-state index contributed by atoms with van der Waals surface area (Å²) in [5.41, 5.74) is -0.390. The van der Waals surface area contributed by atoms with Crippen molar-refractivity contribution >= 4 is 17.5 Å². The zero-order valence-corrected chi connectivity index (χ0v) is 13.0. The number of carbonyl (C=O) groups is 1. The van der Waals surface area contributed by atoms with Gasteiger partial charge in [0.15, 0.2) is 11.6 Å². The number of aromatic nitrogens is 1. The molecule has 0 bridgehead atoms. The lowest BCUT2D eigenvalue weighted by Crippen LogP contribution is -2.27. The van der Waals surface area contributed by atoms with Crippen molar-refractivity contribution in [1.82, 2.24) is 9.88 Å². The van der Waals surface area contributed by atoms with Crippen LogP contribution in [0.15, 0.2) is 30.5 Å². The van der Waals surface area contributed by atoms with Gasteiger partial charge in [-0.2, -0.15) is 8.78 Å². The van der Waals surface area contributed by atoms with Gasteiger partial charge in [-0.25, -0.2) is 13.8 Å². The number of pyridine rings is 1. The Labute approximate surface area is 139 Å². The molecule has 0 radical (unpaired) electrons. The topological polar surface area (TPSA) is 42.4 Å². The molecule has 4 nitrogen and oxygen atoms in total. The van der Waals surface area contributed by atoms with Crippen LogP contribution in [0.25, 0.3) is 0 Å². The number of carbonyl (C=O) groups excluding carboxylic acids is 1. The number of nitrogens with zero attached hydrogens (tertiary/aromatic N) is 2. The van der Waals surface area contributed by atoms with Gasteiger partial charge in [-0.15, -0.1) is 0 Å². The van der Waals surface area contributed by atoms with E-state index < -0.39 is 30.0 Å². The van der Waals surface area contributed by atoms with E-state index in [0.29, 0.717) is 0 Å². The summed E-state index contributed by atoms with van der Waals surface area (Å²) < 4.78 is 55.9. The molecule has 0 saturated carbocycles. The highest BCUT2D eigenvalue weighted by Crippen LogP contribution is 2.23. The number of rotatable bonds is 5. The van der Waals surface area contributed by atoms with Crippen molar-refractivity contribution in [2.24, 2.45) is 0 Å². The average Bonchev–Trinajstić information content (AvgIpc) is 2.52. The van der Waals surface area contributed by atoms with E-state index in [4.69, 9.17) is 11.6 Å². The number of halogens is 5. The van der Waals surface area contributed by atoms with E-state index in [1.807, 2.05) is 0 Å². The largest absolute Gasteiger partial charge is 0.416 e. The summed E-state index contributed by atoms with van der Waals surface area (Å²) in [4.78, 5) is 16.9. The van der Waals surface area contributed by atoms with Crippen molar-refractivity contribution in [2.75, 3.05) is 7.05 Å². The number of hydrogen-bond acceptors (Lipinski definition) is 3. The maximum Gasteiger partial charge on any atom is 0.388 e. The zero-order chi connectivity index (χ0) is 17.9. The van der Waals surface area contributed by atoms with Crippen LogP contribution >= 0.6 is 11.6 Å². The molecule has 1 aromatic carbocycles. The smallest absolute Gasteiger partial charge is 0.388 e. The molecular formula is C15H11ClF4N2O2. The fourth-order valence-electron chi connectivity index (χ4n) is 1.96. The van der Waals surface area contributed by atoms with Crippen molar-refractivity contribution in [1.29, 1.82) is 0 Å². The van der Waals surface area contributed by atoms with Gasteiger partial charge in [0.05, 0.1) is 5.02 Å². The quantitative estimate of drug-likeness (QED) is 0.758. The molecule has 24 heavy (non-hydrogen) atoms. The van der Waals surface area contributed by atoms with Crippen LogP contribution in [0.1, 0.15) is 15.9 Å². The first kappa shape index (κ1) is 18.0. The fraction of sp³-hybridized carbons (Fsp3) is 0.200. The highest BCUT2D eigenvalue weighted by molar-refractivity contribution is 6.30. The maximum absolute atomic E-state index is 13.7. The predicted octanol–water partition coefficient (Wildman–Crippen LogP) is 3.89. The van der Waals surface area contributed by atoms with Gasteiger partial charge in [0.25, 0.3) is 5.91 Å². The third-order valence-electron chi connectivity index (χ3n) is 3.03. The Morgan fingerprint density at radius 3 is 2.75 bits per heavy atom. The molecule has 0 fully saturated rings.